The van der Waals surface area contributed by atoms with Gasteiger partial charge in [0, 0.05) is 19.1 Å². The summed E-state index contributed by atoms with van der Waals surface area (Å²) >= 11 is 0. The van der Waals surface area contributed by atoms with Gasteiger partial charge < -0.3 is 10.2 Å². The number of nitrogens with one attached hydrogen (secondary N) is 1. The van der Waals surface area contributed by atoms with Crippen LogP contribution in [-0.4, -0.2) is 57.5 Å². The monoisotopic (exact) mass is 304 g/mol. The number of hydrogen-bond acceptors (Lipinski definition) is 4. The van der Waals surface area contributed by atoms with Crippen molar-refractivity contribution in [2.24, 2.45) is 5.41 Å². The molecule has 0 radical (unpaired) electrons. The molecule has 1 aliphatic rings. The molecule has 0 aliphatic carbocycles. The van der Waals surface area contributed by atoms with Gasteiger partial charge in [-0.05, 0) is 38.3 Å². The Bertz CT molecular complexity index is 383. The van der Waals surface area contributed by atoms with Gasteiger partial charge in [-0.25, -0.2) is 8.42 Å². The maximum Gasteiger partial charge on any atom is 0.151 e. The number of nitrogens with zero attached hydrogens (tertiary/aromatic N) is 1. The van der Waals surface area contributed by atoms with Gasteiger partial charge in [0.05, 0.1) is 11.5 Å². The molecule has 0 amide bonds. The van der Waals surface area contributed by atoms with E-state index >= 15 is 0 Å². The lowest BCUT2D eigenvalue weighted by Gasteiger charge is -2.36. The fourth-order valence-corrected chi connectivity index (χ4v) is 5.05. The minimum Gasteiger partial charge on any atom is -0.316 e. The van der Waals surface area contributed by atoms with Gasteiger partial charge >= 0.3 is 0 Å². The summed E-state index contributed by atoms with van der Waals surface area (Å²) in [5.74, 6) is 0.703. The molecule has 0 aromatic rings. The van der Waals surface area contributed by atoms with Crippen LogP contribution < -0.4 is 5.32 Å². The Kier molecular flexibility index (Phi) is 6.95. The molecule has 1 aliphatic heterocycles. The van der Waals surface area contributed by atoms with Crippen molar-refractivity contribution in [2.75, 3.05) is 38.2 Å². The van der Waals surface area contributed by atoms with Crippen molar-refractivity contribution in [3.63, 3.8) is 0 Å². The molecule has 4 nitrogen and oxygen atoms in total. The lowest BCUT2D eigenvalue weighted by molar-refractivity contribution is 0.144. The van der Waals surface area contributed by atoms with Gasteiger partial charge in [-0.15, -0.1) is 0 Å². The zero-order valence-electron chi connectivity index (χ0n) is 13.6. The maximum atomic E-state index is 11.6. The molecule has 20 heavy (non-hydrogen) atoms. The third-order valence-electron chi connectivity index (χ3n) is 4.29. The summed E-state index contributed by atoms with van der Waals surface area (Å²) < 4.78 is 23.2. The molecule has 0 aromatic heterocycles. The summed E-state index contributed by atoms with van der Waals surface area (Å²) in [6.07, 6.45) is 4.29. The molecule has 1 heterocycles. The Morgan fingerprint density at radius 3 is 2.50 bits per heavy atom. The van der Waals surface area contributed by atoms with Crippen molar-refractivity contribution in [2.45, 2.75) is 52.5 Å². The van der Waals surface area contributed by atoms with Crippen molar-refractivity contribution in [1.82, 2.24) is 10.2 Å². The van der Waals surface area contributed by atoms with E-state index in [0.29, 0.717) is 11.5 Å². The molecule has 2 atom stereocenters. The lowest BCUT2D eigenvalue weighted by Crippen LogP contribution is -2.45. The van der Waals surface area contributed by atoms with Crippen LogP contribution in [0.15, 0.2) is 0 Å². The molecular formula is C15H32N2O2S. The van der Waals surface area contributed by atoms with Crippen LogP contribution in [0.3, 0.4) is 0 Å². The third kappa shape index (κ3) is 5.70. The highest BCUT2D eigenvalue weighted by molar-refractivity contribution is 7.91. The summed E-state index contributed by atoms with van der Waals surface area (Å²) in [6, 6.07) is 0.211. The number of rotatable bonds is 9. The highest BCUT2D eigenvalue weighted by Gasteiger charge is 2.34. The van der Waals surface area contributed by atoms with E-state index in [-0.39, 0.29) is 11.5 Å². The molecule has 1 saturated heterocycles. The largest absolute Gasteiger partial charge is 0.316 e. The Labute approximate surface area is 125 Å². The van der Waals surface area contributed by atoms with Gasteiger partial charge in [0.25, 0.3) is 0 Å². The van der Waals surface area contributed by atoms with Crippen molar-refractivity contribution in [3.05, 3.63) is 0 Å². The molecule has 120 valence electrons. The smallest absolute Gasteiger partial charge is 0.151 e. The van der Waals surface area contributed by atoms with Crippen LogP contribution in [0.4, 0.5) is 0 Å². The van der Waals surface area contributed by atoms with Crippen LogP contribution in [0.2, 0.25) is 0 Å². The summed E-state index contributed by atoms with van der Waals surface area (Å²) in [7, 11) is -0.704. The summed E-state index contributed by atoms with van der Waals surface area (Å²) in [6.45, 7) is 9.76. The predicted molar refractivity (Wildman–Crippen MR) is 85.9 cm³/mol. The Morgan fingerprint density at radius 2 is 2.00 bits per heavy atom. The summed E-state index contributed by atoms with van der Waals surface area (Å²) in [4.78, 5) is 2.27. The van der Waals surface area contributed by atoms with Crippen LogP contribution in [0.1, 0.15) is 46.5 Å². The normalized spacial score (nSPS) is 24.9. The van der Waals surface area contributed by atoms with E-state index in [1.54, 1.807) is 0 Å². The number of sulfone groups is 1. The first-order valence-electron chi connectivity index (χ1n) is 7.93. The van der Waals surface area contributed by atoms with Crippen LogP contribution in [0.5, 0.6) is 0 Å². The summed E-state index contributed by atoms with van der Waals surface area (Å²) in [5.41, 5.74) is 0.227. The van der Waals surface area contributed by atoms with E-state index in [4.69, 9.17) is 0 Å². The van der Waals surface area contributed by atoms with E-state index in [1.807, 2.05) is 0 Å². The third-order valence-corrected chi connectivity index (χ3v) is 6.05. The first-order chi connectivity index (χ1) is 9.32. The zero-order valence-corrected chi connectivity index (χ0v) is 14.4. The standard InChI is InChI=1S/C15H32N2O2S/c1-5-8-15(3,12-16-9-6-2)13-17(4)14-7-10-20(18,19)11-14/h14,16H,5-13H2,1-4H3. The van der Waals surface area contributed by atoms with Gasteiger partial charge in [0.1, 0.15) is 0 Å². The molecule has 5 heteroatoms. The highest BCUT2D eigenvalue weighted by atomic mass is 32.2. The minimum absolute atomic E-state index is 0.211. The van der Waals surface area contributed by atoms with Gasteiger partial charge in [-0.2, -0.15) is 0 Å². The first kappa shape index (κ1) is 17.9. The van der Waals surface area contributed by atoms with Crippen LogP contribution in [0.25, 0.3) is 0 Å². The molecule has 1 N–H and O–H groups in total. The molecule has 1 fully saturated rings. The van der Waals surface area contributed by atoms with Crippen molar-refractivity contribution in [3.8, 4) is 0 Å². The van der Waals surface area contributed by atoms with E-state index in [1.165, 1.54) is 12.8 Å². The first-order valence-corrected chi connectivity index (χ1v) is 9.75. The van der Waals surface area contributed by atoms with Crippen molar-refractivity contribution < 1.29 is 8.42 Å². The Hall–Kier alpha value is -0.130. The fraction of sp³-hybridized carbons (Fsp3) is 1.00. The van der Waals surface area contributed by atoms with Crippen LogP contribution in [-0.2, 0) is 9.84 Å². The van der Waals surface area contributed by atoms with Gasteiger partial charge in [0.15, 0.2) is 9.84 Å². The topological polar surface area (TPSA) is 49.4 Å². The molecule has 1 rings (SSSR count). The van der Waals surface area contributed by atoms with Gasteiger partial charge in [0.2, 0.25) is 0 Å². The second-order valence-corrected chi connectivity index (χ2v) is 8.94. The number of hydrogen-bond donors (Lipinski definition) is 1. The Balaban J connectivity index is 2.55. The average molecular weight is 305 g/mol. The zero-order chi connectivity index (χ0) is 15.2. The molecule has 2 unspecified atom stereocenters. The molecule has 0 aromatic carbocycles. The second-order valence-electron chi connectivity index (χ2n) is 6.71. The van der Waals surface area contributed by atoms with Crippen molar-refractivity contribution in [1.29, 1.82) is 0 Å². The fourth-order valence-electron chi connectivity index (χ4n) is 3.25. The van der Waals surface area contributed by atoms with E-state index in [9.17, 15) is 8.42 Å². The quantitative estimate of drug-likeness (QED) is 0.661. The van der Waals surface area contributed by atoms with E-state index in [0.717, 1.165) is 32.5 Å². The molecule has 0 spiro atoms. The average Bonchev–Trinajstić information content (AvgIpc) is 2.70. The maximum absolute atomic E-state index is 11.6. The molecular weight excluding hydrogens is 272 g/mol. The van der Waals surface area contributed by atoms with Crippen molar-refractivity contribution >= 4 is 9.84 Å². The van der Waals surface area contributed by atoms with Crippen LogP contribution >= 0.6 is 0 Å². The lowest BCUT2D eigenvalue weighted by atomic mass is 9.84. The highest BCUT2D eigenvalue weighted by Crippen LogP contribution is 2.26. The predicted octanol–water partition coefficient (Wildman–Crippen LogP) is 1.91. The molecule has 0 saturated carbocycles. The molecule has 0 bridgehead atoms. The van der Waals surface area contributed by atoms with Gasteiger partial charge in [-0.3, -0.25) is 0 Å². The van der Waals surface area contributed by atoms with E-state index in [2.05, 4.69) is 38.0 Å². The van der Waals surface area contributed by atoms with Crippen LogP contribution in [0, 0.1) is 5.41 Å². The summed E-state index contributed by atoms with van der Waals surface area (Å²) in [5, 5.41) is 3.53. The van der Waals surface area contributed by atoms with Gasteiger partial charge in [-0.1, -0.05) is 27.2 Å². The SMILES string of the molecule is CCCNCC(C)(CCC)CN(C)C1CCS(=O)(=O)C1. The minimum atomic E-state index is -2.79. The van der Waals surface area contributed by atoms with E-state index < -0.39 is 9.84 Å². The second kappa shape index (κ2) is 7.76. The Morgan fingerprint density at radius 1 is 1.30 bits per heavy atom.